The van der Waals surface area contributed by atoms with Gasteiger partial charge in [0.15, 0.2) is 0 Å². The molecule has 3 aliphatic heterocycles. The molecule has 3 aromatic heterocycles. The number of nitrogens with one attached hydrogen (secondary N) is 3. The number of piperidine rings is 3. The molecule has 0 spiro atoms. The van der Waals surface area contributed by atoms with Gasteiger partial charge in [-0.1, -0.05) is 12.1 Å². The van der Waals surface area contributed by atoms with Crippen LogP contribution in [-0.2, 0) is 16.6 Å². The number of pyridine rings is 2. The molecule has 4 aliphatic rings. The zero-order valence-corrected chi connectivity index (χ0v) is 37.1. The van der Waals surface area contributed by atoms with Crippen LogP contribution in [0.1, 0.15) is 74.5 Å². The van der Waals surface area contributed by atoms with E-state index in [0.29, 0.717) is 46.8 Å². The van der Waals surface area contributed by atoms with E-state index in [1.807, 2.05) is 59.0 Å². The van der Waals surface area contributed by atoms with E-state index in [0.717, 1.165) is 82.0 Å². The second-order valence-electron chi connectivity index (χ2n) is 17.4. The van der Waals surface area contributed by atoms with E-state index in [9.17, 15) is 24.0 Å². The van der Waals surface area contributed by atoms with Gasteiger partial charge in [-0.3, -0.25) is 38.2 Å². The number of amides is 2. The number of fused-ring (bicyclic) bond motifs is 1. The Morgan fingerprint density at radius 2 is 1.63 bits per heavy atom. The average molecular weight is 956 g/mol. The van der Waals surface area contributed by atoms with Gasteiger partial charge in [0.05, 0.1) is 22.8 Å². The van der Waals surface area contributed by atoms with Crippen LogP contribution in [0.25, 0.3) is 16.6 Å². The number of likely N-dealkylation sites (tertiary alicyclic amines) is 1. The highest BCUT2D eigenvalue weighted by atomic mass is 127. The molecule has 6 heterocycles. The Hall–Kier alpha value is -5.36. The summed E-state index contributed by atoms with van der Waals surface area (Å²) in [4.78, 5) is 75.8. The molecular weight excluding hydrogens is 904 g/mol. The number of anilines is 4. The molecule has 2 amide bonds. The predicted molar refractivity (Wildman–Crippen MR) is 246 cm³/mol. The van der Waals surface area contributed by atoms with Crippen LogP contribution < -0.4 is 37.7 Å². The van der Waals surface area contributed by atoms with Crippen molar-refractivity contribution in [3.8, 4) is 5.69 Å². The molecule has 324 valence electrons. The molecule has 2 aromatic carbocycles. The molecule has 16 heteroatoms. The van der Waals surface area contributed by atoms with Crippen LogP contribution in [0.15, 0.2) is 75.2 Å². The minimum absolute atomic E-state index is 0.116. The van der Waals surface area contributed by atoms with Gasteiger partial charge in [-0.15, -0.1) is 0 Å². The minimum atomic E-state index is -0.525. The third kappa shape index (κ3) is 8.42. The fourth-order valence-corrected chi connectivity index (χ4v) is 9.93. The summed E-state index contributed by atoms with van der Waals surface area (Å²) in [5, 5.41) is 9.24. The maximum atomic E-state index is 15.1. The van der Waals surface area contributed by atoms with Crippen molar-refractivity contribution in [2.75, 3.05) is 54.8 Å². The molecule has 1 saturated carbocycles. The number of carbonyl (C=O) groups is 2. The van der Waals surface area contributed by atoms with Crippen LogP contribution in [0.3, 0.4) is 0 Å². The van der Waals surface area contributed by atoms with Crippen molar-refractivity contribution in [3.05, 3.63) is 113 Å². The van der Waals surface area contributed by atoms with E-state index in [1.165, 1.54) is 19.8 Å². The standard InChI is InChI=1S/C46H51FIN9O5/c1-27-41-40(42(53(2)44(27)60)51-37-11-7-31(48)22-36(37)47)45(61)57(33-8-9-33)46(62)56(41)34-5-3-4-32(23-34)49-24-28-14-18-54(19-15-28)26-29-16-20-55(21-17-29)38-12-6-30(25-50-38)35-10-13-39(58)52-43(35)59/h3-7,11-12,22-23,25,28-29,33,35,49,51H,8-10,13-21,24,26H2,1-2H3,(H,52,58,59). The molecule has 3 saturated heterocycles. The molecule has 1 unspecified atom stereocenters. The normalized spacial score (nSPS) is 19.2. The first kappa shape index (κ1) is 42.0. The third-order valence-electron chi connectivity index (χ3n) is 13.2. The number of aryl methyl sites for hydroxylation is 1. The number of carbonyl (C=O) groups excluding carboxylic acids is 2. The van der Waals surface area contributed by atoms with E-state index in [2.05, 4.69) is 25.8 Å². The van der Waals surface area contributed by atoms with Gasteiger partial charge in [-0.05, 0) is 147 Å². The number of halogens is 2. The number of benzene rings is 2. The monoisotopic (exact) mass is 955 g/mol. The van der Waals surface area contributed by atoms with Crippen molar-refractivity contribution in [2.45, 2.75) is 70.3 Å². The second kappa shape index (κ2) is 17.4. The SMILES string of the molecule is Cc1c(=O)n(C)c(Nc2ccc(I)cc2F)c2c(=O)n(C3CC3)c(=O)n(-c3cccc(NCC4CCN(CC5CCN(c6ccc(C7CCC(=O)NC7=O)cn6)CC5)CC4)c3)c12. The second-order valence-corrected chi connectivity index (χ2v) is 18.6. The van der Waals surface area contributed by atoms with Crippen LogP contribution in [0.4, 0.5) is 27.4 Å². The molecule has 14 nitrogen and oxygen atoms in total. The van der Waals surface area contributed by atoms with E-state index in [-0.39, 0.29) is 51.7 Å². The van der Waals surface area contributed by atoms with Crippen molar-refractivity contribution in [3.63, 3.8) is 0 Å². The van der Waals surface area contributed by atoms with Gasteiger partial charge >= 0.3 is 5.69 Å². The highest BCUT2D eigenvalue weighted by molar-refractivity contribution is 14.1. The predicted octanol–water partition coefficient (Wildman–Crippen LogP) is 5.94. The summed E-state index contributed by atoms with van der Waals surface area (Å²) in [5.74, 6) is 0.860. The lowest BCUT2D eigenvalue weighted by molar-refractivity contribution is -0.134. The molecule has 1 aliphatic carbocycles. The van der Waals surface area contributed by atoms with Crippen molar-refractivity contribution < 1.29 is 14.0 Å². The van der Waals surface area contributed by atoms with Gasteiger partial charge in [0.2, 0.25) is 11.8 Å². The lowest BCUT2D eigenvalue weighted by Crippen LogP contribution is -2.42. The first-order valence-electron chi connectivity index (χ1n) is 21.7. The summed E-state index contributed by atoms with van der Waals surface area (Å²) < 4.78 is 19.9. The van der Waals surface area contributed by atoms with Gasteiger partial charge in [0.25, 0.3) is 11.1 Å². The first-order chi connectivity index (χ1) is 29.9. The quantitative estimate of drug-likeness (QED) is 0.107. The Bertz CT molecular complexity index is 2730. The maximum Gasteiger partial charge on any atom is 0.336 e. The van der Waals surface area contributed by atoms with Gasteiger partial charge < -0.3 is 20.4 Å². The van der Waals surface area contributed by atoms with E-state index in [4.69, 9.17) is 4.98 Å². The van der Waals surface area contributed by atoms with Crippen molar-refractivity contribution >= 4 is 68.3 Å². The molecule has 62 heavy (non-hydrogen) atoms. The third-order valence-corrected chi connectivity index (χ3v) is 13.9. The number of rotatable bonds is 11. The van der Waals surface area contributed by atoms with E-state index >= 15 is 4.39 Å². The summed E-state index contributed by atoms with van der Waals surface area (Å²) in [6.07, 6.45) is 8.40. The van der Waals surface area contributed by atoms with Crippen molar-refractivity contribution in [1.82, 2.24) is 28.9 Å². The van der Waals surface area contributed by atoms with Crippen LogP contribution in [0.2, 0.25) is 0 Å². The largest absolute Gasteiger partial charge is 0.385 e. The molecule has 4 fully saturated rings. The molecule has 0 radical (unpaired) electrons. The van der Waals surface area contributed by atoms with Crippen molar-refractivity contribution in [1.29, 1.82) is 0 Å². The first-order valence-corrected chi connectivity index (χ1v) is 22.8. The highest BCUT2D eigenvalue weighted by Crippen LogP contribution is 2.35. The summed E-state index contributed by atoms with van der Waals surface area (Å²) in [6, 6.07) is 16.0. The van der Waals surface area contributed by atoms with Crippen LogP contribution >= 0.6 is 22.6 Å². The van der Waals surface area contributed by atoms with E-state index in [1.54, 1.807) is 32.3 Å². The van der Waals surface area contributed by atoms with Crippen LogP contribution in [0.5, 0.6) is 0 Å². The Morgan fingerprint density at radius 1 is 0.871 bits per heavy atom. The number of nitrogens with zero attached hydrogens (tertiary/aromatic N) is 6. The number of imide groups is 1. The summed E-state index contributed by atoms with van der Waals surface area (Å²) in [5.41, 5.74) is 1.39. The Balaban J connectivity index is 0.843. The molecule has 5 aromatic rings. The lowest BCUT2D eigenvalue weighted by Gasteiger charge is -2.38. The van der Waals surface area contributed by atoms with E-state index < -0.39 is 22.6 Å². The summed E-state index contributed by atoms with van der Waals surface area (Å²) >= 11 is 2.02. The van der Waals surface area contributed by atoms with Gasteiger partial charge in [-0.2, -0.15) is 0 Å². The van der Waals surface area contributed by atoms with Gasteiger partial charge in [0.1, 0.15) is 22.8 Å². The number of hydrogen-bond acceptors (Lipinski definition) is 10. The highest BCUT2D eigenvalue weighted by Gasteiger charge is 2.33. The summed E-state index contributed by atoms with van der Waals surface area (Å²) in [7, 11) is 1.55. The zero-order chi connectivity index (χ0) is 43.2. The Kier molecular flexibility index (Phi) is 11.8. The fraction of sp³-hybridized carbons (Fsp3) is 0.435. The molecule has 9 rings (SSSR count). The molecular formula is C46H51FIN9O5. The zero-order valence-electron chi connectivity index (χ0n) is 35.0. The lowest BCUT2D eigenvalue weighted by atomic mass is 9.91. The number of aromatic nitrogens is 4. The van der Waals surface area contributed by atoms with Crippen LogP contribution in [0, 0.1) is 28.1 Å². The minimum Gasteiger partial charge on any atom is -0.385 e. The van der Waals surface area contributed by atoms with Crippen molar-refractivity contribution in [2.24, 2.45) is 18.9 Å². The van der Waals surface area contributed by atoms with Crippen LogP contribution in [-0.4, -0.2) is 74.7 Å². The Labute approximate surface area is 371 Å². The van der Waals surface area contributed by atoms with Gasteiger partial charge in [-0.25, -0.2) is 14.2 Å². The fourth-order valence-electron chi connectivity index (χ4n) is 9.48. The average Bonchev–Trinajstić information content (AvgIpc) is 4.11. The Morgan fingerprint density at radius 3 is 2.32 bits per heavy atom. The summed E-state index contributed by atoms with van der Waals surface area (Å²) in [6.45, 7) is 7.45. The topological polar surface area (TPSA) is 156 Å². The molecule has 3 N–H and O–H groups in total. The van der Waals surface area contributed by atoms with Gasteiger partial charge in [0, 0.05) is 66.7 Å². The smallest absolute Gasteiger partial charge is 0.336 e. The molecule has 1 atom stereocenters. The number of hydrogen-bond donors (Lipinski definition) is 3. The maximum absolute atomic E-state index is 15.1. The molecule has 0 bridgehead atoms.